The highest BCUT2D eigenvalue weighted by molar-refractivity contribution is 6.29. The number of alkyl halides is 3. The second-order valence-electron chi connectivity index (χ2n) is 2.85. The Balaban J connectivity index is 2.33. The maximum atomic E-state index is 12.6. The smallest absolute Gasteiger partial charge is 0.236 e. The first-order valence-electron chi connectivity index (χ1n) is 4.07. The first-order valence-corrected chi connectivity index (χ1v) is 4.83. The topological polar surface area (TPSA) is 43.6 Å². The molecule has 2 aromatic rings. The minimum atomic E-state index is -3.57. The fourth-order valence-electron chi connectivity index (χ4n) is 1.03. The number of nitrogens with zero attached hydrogens (tertiary/aromatic N) is 4. The van der Waals surface area contributed by atoms with Crippen molar-refractivity contribution in [1.29, 1.82) is 0 Å². The zero-order valence-corrected chi connectivity index (χ0v) is 9.12. The molecule has 0 amide bonds. The summed E-state index contributed by atoms with van der Waals surface area (Å²) >= 11 is 10.4. The predicted molar refractivity (Wildman–Crippen MR) is 53.9 cm³/mol. The van der Waals surface area contributed by atoms with E-state index in [1.165, 1.54) is 17.1 Å². The van der Waals surface area contributed by atoms with E-state index in [-0.39, 0.29) is 5.15 Å². The third-order valence-corrected chi connectivity index (χ3v) is 2.08. The van der Waals surface area contributed by atoms with Crippen molar-refractivity contribution in [2.75, 3.05) is 0 Å². The van der Waals surface area contributed by atoms with Crippen LogP contribution in [0.15, 0.2) is 24.7 Å². The highest BCUT2D eigenvalue weighted by Gasteiger charge is 2.31. The average molecular weight is 265 g/mol. The average Bonchev–Trinajstić information content (AvgIpc) is 2.64. The molecule has 0 spiro atoms. The lowest BCUT2D eigenvalue weighted by atomic mass is 10.5. The molecule has 84 valence electrons. The van der Waals surface area contributed by atoms with Gasteiger partial charge in [0.25, 0.3) is 0 Å². The lowest BCUT2D eigenvalue weighted by Crippen LogP contribution is -2.10. The molecule has 0 radical (unpaired) electrons. The standard InChI is InChI=1S/C8H4Cl2F2N4/c9-6-1-2-16(15-6)5-3-13-7(14-4-5)8(10,11)12/h1-4H. The van der Waals surface area contributed by atoms with Crippen molar-refractivity contribution in [3.05, 3.63) is 35.6 Å². The molecule has 2 aromatic heterocycles. The predicted octanol–water partition coefficient (Wildman–Crippen LogP) is 2.60. The first-order chi connectivity index (χ1) is 7.47. The van der Waals surface area contributed by atoms with Gasteiger partial charge in [-0.15, -0.1) is 0 Å². The molecular formula is C8H4Cl2F2N4. The van der Waals surface area contributed by atoms with Crippen LogP contribution in [0.25, 0.3) is 5.69 Å². The van der Waals surface area contributed by atoms with Gasteiger partial charge in [0.1, 0.15) is 5.69 Å². The minimum absolute atomic E-state index is 0.284. The largest absolute Gasteiger partial charge is 0.381 e. The minimum Gasteiger partial charge on any atom is -0.236 e. The number of rotatable bonds is 2. The Hall–Kier alpha value is -1.27. The summed E-state index contributed by atoms with van der Waals surface area (Å²) in [6, 6.07) is 1.55. The fraction of sp³-hybridized carbons (Fsp3) is 0.125. The zero-order chi connectivity index (χ0) is 11.8. The van der Waals surface area contributed by atoms with Gasteiger partial charge in [-0.05, 0) is 17.7 Å². The fourth-order valence-corrected chi connectivity index (χ4v) is 1.27. The molecule has 0 N–H and O–H groups in total. The monoisotopic (exact) mass is 264 g/mol. The molecule has 8 heteroatoms. The van der Waals surface area contributed by atoms with Gasteiger partial charge in [-0.1, -0.05) is 11.6 Å². The van der Waals surface area contributed by atoms with Crippen molar-refractivity contribution in [2.24, 2.45) is 0 Å². The lowest BCUT2D eigenvalue weighted by molar-refractivity contribution is 0.0844. The lowest BCUT2D eigenvalue weighted by Gasteiger charge is -2.06. The van der Waals surface area contributed by atoms with Crippen molar-refractivity contribution in [3.63, 3.8) is 0 Å². The van der Waals surface area contributed by atoms with E-state index >= 15 is 0 Å². The summed E-state index contributed by atoms with van der Waals surface area (Å²) in [6.07, 6.45) is 3.92. The van der Waals surface area contributed by atoms with Crippen molar-refractivity contribution >= 4 is 23.2 Å². The zero-order valence-electron chi connectivity index (χ0n) is 7.61. The van der Waals surface area contributed by atoms with Gasteiger partial charge in [0, 0.05) is 6.20 Å². The van der Waals surface area contributed by atoms with Crippen molar-refractivity contribution < 1.29 is 8.78 Å². The Morgan fingerprint density at radius 3 is 2.31 bits per heavy atom. The normalized spacial score (nSPS) is 11.8. The van der Waals surface area contributed by atoms with Crippen LogP contribution in [-0.2, 0) is 5.38 Å². The van der Waals surface area contributed by atoms with Gasteiger partial charge in [-0.25, -0.2) is 14.6 Å². The van der Waals surface area contributed by atoms with Crippen LogP contribution in [-0.4, -0.2) is 19.7 Å². The molecule has 0 unspecified atom stereocenters. The molecule has 0 bridgehead atoms. The second-order valence-corrected chi connectivity index (χ2v) is 3.71. The van der Waals surface area contributed by atoms with E-state index in [2.05, 4.69) is 15.1 Å². The van der Waals surface area contributed by atoms with Gasteiger partial charge < -0.3 is 0 Å². The third-order valence-electron chi connectivity index (χ3n) is 1.71. The van der Waals surface area contributed by atoms with Crippen LogP contribution in [0.3, 0.4) is 0 Å². The highest BCUT2D eigenvalue weighted by Crippen LogP contribution is 2.28. The molecule has 16 heavy (non-hydrogen) atoms. The number of hydrogen-bond donors (Lipinski definition) is 0. The molecule has 0 saturated carbocycles. The number of hydrogen-bond acceptors (Lipinski definition) is 3. The SMILES string of the molecule is FC(F)(Cl)c1ncc(-n2ccc(Cl)n2)cn1. The quantitative estimate of drug-likeness (QED) is 0.784. The van der Waals surface area contributed by atoms with Crippen LogP contribution in [0.4, 0.5) is 8.78 Å². The van der Waals surface area contributed by atoms with Gasteiger partial charge in [0.05, 0.1) is 12.4 Å². The molecule has 0 aromatic carbocycles. The summed E-state index contributed by atoms with van der Waals surface area (Å²) in [4.78, 5) is 6.88. The molecule has 0 fully saturated rings. The highest BCUT2D eigenvalue weighted by atomic mass is 35.5. The number of aromatic nitrogens is 4. The van der Waals surface area contributed by atoms with Gasteiger partial charge in [0.2, 0.25) is 5.82 Å². The van der Waals surface area contributed by atoms with E-state index < -0.39 is 11.2 Å². The third kappa shape index (κ3) is 2.28. The molecule has 0 aliphatic heterocycles. The van der Waals surface area contributed by atoms with Crippen molar-refractivity contribution in [3.8, 4) is 5.69 Å². The molecule has 0 saturated heterocycles. The summed E-state index contributed by atoms with van der Waals surface area (Å²) in [5.74, 6) is -0.754. The first kappa shape index (κ1) is 11.2. The van der Waals surface area contributed by atoms with Gasteiger partial charge in [-0.2, -0.15) is 13.9 Å². The Morgan fingerprint density at radius 2 is 1.88 bits per heavy atom. The Bertz CT molecular complexity index is 491. The van der Waals surface area contributed by atoms with Crippen LogP contribution in [0.5, 0.6) is 0 Å². The molecule has 2 heterocycles. The van der Waals surface area contributed by atoms with Gasteiger partial charge in [-0.3, -0.25) is 0 Å². The van der Waals surface area contributed by atoms with Crippen LogP contribution in [0.1, 0.15) is 5.82 Å². The summed E-state index contributed by atoms with van der Waals surface area (Å²) in [5.41, 5.74) is 0.413. The molecule has 4 nitrogen and oxygen atoms in total. The second kappa shape index (κ2) is 3.95. The van der Waals surface area contributed by atoms with E-state index in [1.54, 1.807) is 12.3 Å². The van der Waals surface area contributed by atoms with Crippen LogP contribution < -0.4 is 0 Å². The van der Waals surface area contributed by atoms with Crippen molar-refractivity contribution in [1.82, 2.24) is 19.7 Å². The Kier molecular flexibility index (Phi) is 2.77. The number of halogens is 4. The van der Waals surface area contributed by atoms with E-state index in [0.29, 0.717) is 5.69 Å². The van der Waals surface area contributed by atoms with Crippen LogP contribution in [0.2, 0.25) is 5.15 Å². The molecule has 2 rings (SSSR count). The Labute approximate surface area is 98.8 Å². The van der Waals surface area contributed by atoms with E-state index in [0.717, 1.165) is 0 Å². The van der Waals surface area contributed by atoms with Crippen molar-refractivity contribution in [2.45, 2.75) is 5.38 Å². The van der Waals surface area contributed by atoms with E-state index in [9.17, 15) is 8.78 Å². The molecular weight excluding hydrogens is 261 g/mol. The van der Waals surface area contributed by atoms with Crippen LogP contribution >= 0.6 is 23.2 Å². The van der Waals surface area contributed by atoms with E-state index in [4.69, 9.17) is 23.2 Å². The van der Waals surface area contributed by atoms with Gasteiger partial charge >= 0.3 is 5.38 Å². The maximum absolute atomic E-state index is 12.6. The summed E-state index contributed by atoms with van der Waals surface area (Å²) in [7, 11) is 0. The molecule has 0 aliphatic rings. The summed E-state index contributed by atoms with van der Waals surface area (Å²) in [6.45, 7) is 0. The summed E-state index contributed by atoms with van der Waals surface area (Å²) in [5, 5.41) is 0.569. The summed E-state index contributed by atoms with van der Waals surface area (Å²) < 4.78 is 26.5. The van der Waals surface area contributed by atoms with E-state index in [1.807, 2.05) is 0 Å². The Morgan fingerprint density at radius 1 is 1.25 bits per heavy atom. The molecule has 0 aliphatic carbocycles. The van der Waals surface area contributed by atoms with Crippen LogP contribution in [0, 0.1) is 0 Å². The maximum Gasteiger partial charge on any atom is 0.381 e. The van der Waals surface area contributed by atoms with Gasteiger partial charge in [0.15, 0.2) is 5.15 Å². The molecule has 0 atom stereocenters.